The van der Waals surface area contributed by atoms with Gasteiger partial charge in [0.1, 0.15) is 0 Å². The van der Waals surface area contributed by atoms with E-state index in [2.05, 4.69) is 15.9 Å². The highest BCUT2D eigenvalue weighted by Crippen LogP contribution is 2.24. The predicted octanol–water partition coefficient (Wildman–Crippen LogP) is 3.72. The molecule has 0 radical (unpaired) electrons. The van der Waals surface area contributed by atoms with E-state index in [0.717, 1.165) is 20.6 Å². The summed E-state index contributed by atoms with van der Waals surface area (Å²) in [5.74, 6) is 0. The van der Waals surface area contributed by atoms with Crippen LogP contribution < -0.4 is 0 Å². The molecule has 0 heterocycles. The van der Waals surface area contributed by atoms with Gasteiger partial charge >= 0.3 is 0 Å². The van der Waals surface area contributed by atoms with E-state index in [1.54, 1.807) is 0 Å². The molecule has 1 rings (SSSR count). The molecule has 0 aliphatic heterocycles. The topological polar surface area (TPSA) is 0 Å². The first kappa shape index (κ1) is 8.09. The van der Waals surface area contributed by atoms with E-state index >= 15 is 0 Å². The zero-order chi connectivity index (χ0) is 7.72. The van der Waals surface area contributed by atoms with Gasteiger partial charge in [0.15, 0.2) is 0 Å². The molecule has 0 nitrogen and oxygen atoms in total. The van der Waals surface area contributed by atoms with Crippen LogP contribution in [0.2, 0.25) is 5.02 Å². The monoisotopic (exact) mass is 218 g/mol. The number of halogens is 2. The molecule has 0 saturated heterocycles. The Hall–Kier alpha value is -0.0100. The minimum atomic E-state index is 0.864. The molecule has 1 aromatic carbocycles. The van der Waals surface area contributed by atoms with E-state index in [1.165, 1.54) is 0 Å². The summed E-state index contributed by atoms with van der Waals surface area (Å²) in [4.78, 5) is 0. The normalized spacial score (nSPS) is 10.0. The maximum Gasteiger partial charge on any atom is 0.0465 e. The first-order chi connectivity index (χ1) is 4.61. The number of hydrogen-bond donors (Lipinski definition) is 0. The molecular weight excluding hydrogens is 211 g/mol. The van der Waals surface area contributed by atoms with E-state index in [1.807, 2.05) is 26.0 Å². The Morgan fingerprint density at radius 3 is 2.00 bits per heavy atom. The van der Waals surface area contributed by atoms with Crippen molar-refractivity contribution in [3.63, 3.8) is 0 Å². The average Bonchev–Trinajstić information content (AvgIpc) is 1.82. The van der Waals surface area contributed by atoms with Crippen LogP contribution in [0.5, 0.6) is 0 Å². The minimum absolute atomic E-state index is 0.864. The van der Waals surface area contributed by atoms with Gasteiger partial charge in [-0.2, -0.15) is 0 Å². The second-order valence-corrected chi connectivity index (χ2v) is 3.65. The van der Waals surface area contributed by atoms with Crippen LogP contribution in [0.15, 0.2) is 16.6 Å². The molecule has 54 valence electrons. The molecule has 0 aliphatic rings. The van der Waals surface area contributed by atoms with Crippen molar-refractivity contribution in [2.75, 3.05) is 0 Å². The van der Waals surface area contributed by atoms with Gasteiger partial charge in [0.05, 0.1) is 0 Å². The third-order valence-corrected chi connectivity index (χ3v) is 2.46. The highest BCUT2D eigenvalue weighted by Gasteiger charge is 1.99. The molecule has 1 aromatic rings. The number of aryl methyl sites for hydroxylation is 2. The molecule has 0 unspecified atom stereocenters. The van der Waals surface area contributed by atoms with E-state index in [0.29, 0.717) is 0 Å². The van der Waals surface area contributed by atoms with Gasteiger partial charge in [-0.1, -0.05) is 27.5 Å². The molecule has 0 aliphatic carbocycles. The molecule has 2 heteroatoms. The van der Waals surface area contributed by atoms with E-state index < -0.39 is 0 Å². The molecule has 0 atom stereocenters. The first-order valence-corrected chi connectivity index (χ1v) is 4.20. The molecule has 0 amide bonds. The summed E-state index contributed by atoms with van der Waals surface area (Å²) in [5, 5.41) is 0.864. The Bertz CT molecular complexity index is 232. The Labute approximate surface area is 74.3 Å². The van der Waals surface area contributed by atoms with Crippen molar-refractivity contribution >= 4 is 27.5 Å². The van der Waals surface area contributed by atoms with Gasteiger partial charge in [-0.3, -0.25) is 0 Å². The molecule has 0 spiro atoms. The largest absolute Gasteiger partial charge is 0.0838 e. The second kappa shape index (κ2) is 2.93. The van der Waals surface area contributed by atoms with Crippen LogP contribution in [0.3, 0.4) is 0 Å². The van der Waals surface area contributed by atoms with Crippen LogP contribution in [0.25, 0.3) is 0 Å². The molecule has 0 aromatic heterocycles. The number of hydrogen-bond acceptors (Lipinski definition) is 0. The molecule has 0 bridgehead atoms. The summed E-state index contributed by atoms with van der Waals surface area (Å²) in [5.41, 5.74) is 2.24. The zero-order valence-corrected chi connectivity index (χ0v) is 8.25. The van der Waals surface area contributed by atoms with Gasteiger partial charge in [-0.05, 0) is 37.1 Å². The van der Waals surface area contributed by atoms with Crippen LogP contribution in [0, 0.1) is 13.8 Å². The lowest BCUT2D eigenvalue weighted by Crippen LogP contribution is -1.80. The summed E-state index contributed by atoms with van der Waals surface area (Å²) in [7, 11) is 0. The molecule has 0 N–H and O–H groups in total. The average molecular weight is 220 g/mol. The number of rotatable bonds is 0. The smallest absolute Gasteiger partial charge is 0.0465 e. The Balaban J connectivity index is 3.31. The van der Waals surface area contributed by atoms with Crippen molar-refractivity contribution in [2.45, 2.75) is 13.8 Å². The molecular formula is C8H8BrCl. The fourth-order valence-electron chi connectivity index (χ4n) is 0.893. The van der Waals surface area contributed by atoms with Gasteiger partial charge in [-0.25, -0.2) is 0 Å². The van der Waals surface area contributed by atoms with Crippen LogP contribution in [0.1, 0.15) is 11.1 Å². The predicted molar refractivity (Wildman–Crippen MR) is 48.6 cm³/mol. The molecule has 0 fully saturated rings. The van der Waals surface area contributed by atoms with Crippen LogP contribution >= 0.6 is 27.5 Å². The number of benzene rings is 1. The Morgan fingerprint density at radius 1 is 1.20 bits per heavy atom. The summed E-state index contributed by atoms with van der Waals surface area (Å²) in [6.07, 6.45) is 0. The SMILES string of the molecule is Cc1cc(Br)cc(C)c1Cl. The van der Waals surface area contributed by atoms with Gasteiger partial charge in [0, 0.05) is 9.50 Å². The molecule has 0 saturated carbocycles. The van der Waals surface area contributed by atoms with Crippen LogP contribution in [-0.4, -0.2) is 0 Å². The Morgan fingerprint density at radius 2 is 1.60 bits per heavy atom. The summed E-state index contributed by atoms with van der Waals surface area (Å²) < 4.78 is 1.09. The van der Waals surface area contributed by atoms with E-state index in [9.17, 15) is 0 Å². The zero-order valence-electron chi connectivity index (χ0n) is 5.91. The van der Waals surface area contributed by atoms with Crippen LogP contribution in [0.4, 0.5) is 0 Å². The van der Waals surface area contributed by atoms with E-state index in [4.69, 9.17) is 11.6 Å². The minimum Gasteiger partial charge on any atom is -0.0838 e. The van der Waals surface area contributed by atoms with Crippen molar-refractivity contribution in [2.24, 2.45) is 0 Å². The van der Waals surface area contributed by atoms with Crippen molar-refractivity contribution in [1.29, 1.82) is 0 Å². The van der Waals surface area contributed by atoms with Crippen LogP contribution in [-0.2, 0) is 0 Å². The maximum absolute atomic E-state index is 5.93. The summed E-state index contributed by atoms with van der Waals surface area (Å²) in [6.45, 7) is 4.00. The highest BCUT2D eigenvalue weighted by molar-refractivity contribution is 9.10. The standard InChI is InChI=1S/C8H8BrCl/c1-5-3-7(9)4-6(2)8(5)10/h3-4H,1-2H3. The van der Waals surface area contributed by atoms with E-state index in [-0.39, 0.29) is 0 Å². The van der Waals surface area contributed by atoms with Gasteiger partial charge in [0.2, 0.25) is 0 Å². The first-order valence-electron chi connectivity index (χ1n) is 3.03. The second-order valence-electron chi connectivity index (χ2n) is 2.35. The van der Waals surface area contributed by atoms with Crippen molar-refractivity contribution in [3.8, 4) is 0 Å². The lowest BCUT2D eigenvalue weighted by molar-refractivity contribution is 1.37. The van der Waals surface area contributed by atoms with Gasteiger partial charge in [0.25, 0.3) is 0 Å². The van der Waals surface area contributed by atoms with Crippen molar-refractivity contribution in [3.05, 3.63) is 32.8 Å². The third kappa shape index (κ3) is 1.53. The highest BCUT2D eigenvalue weighted by atomic mass is 79.9. The fourth-order valence-corrected chi connectivity index (χ4v) is 1.69. The summed E-state index contributed by atoms with van der Waals surface area (Å²) >= 11 is 9.32. The third-order valence-electron chi connectivity index (χ3n) is 1.40. The maximum atomic E-state index is 5.93. The lowest BCUT2D eigenvalue weighted by atomic mass is 10.2. The van der Waals surface area contributed by atoms with Crippen molar-refractivity contribution < 1.29 is 0 Å². The fraction of sp³-hybridized carbons (Fsp3) is 0.250. The quantitative estimate of drug-likeness (QED) is 0.624. The molecule has 10 heavy (non-hydrogen) atoms. The Kier molecular flexibility index (Phi) is 2.37. The van der Waals surface area contributed by atoms with Gasteiger partial charge in [-0.15, -0.1) is 0 Å². The van der Waals surface area contributed by atoms with Crippen molar-refractivity contribution in [1.82, 2.24) is 0 Å². The summed E-state index contributed by atoms with van der Waals surface area (Å²) in [6, 6.07) is 4.02. The van der Waals surface area contributed by atoms with Gasteiger partial charge < -0.3 is 0 Å². The lowest BCUT2D eigenvalue weighted by Gasteiger charge is -2.01.